The summed E-state index contributed by atoms with van der Waals surface area (Å²) in [7, 11) is 0. The fourth-order valence-electron chi connectivity index (χ4n) is 1.92. The molecule has 0 aliphatic heterocycles. The van der Waals surface area contributed by atoms with E-state index in [2.05, 4.69) is 32.6 Å². The van der Waals surface area contributed by atoms with Crippen molar-refractivity contribution in [1.82, 2.24) is 9.97 Å². The molecule has 0 aromatic carbocycles. The van der Waals surface area contributed by atoms with Crippen molar-refractivity contribution < 1.29 is 4.42 Å². The largest absolute Gasteiger partial charge is 0.458 e. The van der Waals surface area contributed by atoms with E-state index in [4.69, 9.17) is 4.42 Å². The molecule has 1 aliphatic carbocycles. The predicted octanol–water partition coefficient (Wildman–Crippen LogP) is 3.07. The van der Waals surface area contributed by atoms with E-state index in [0.29, 0.717) is 21.1 Å². The molecule has 2 aromatic rings. The van der Waals surface area contributed by atoms with Gasteiger partial charge in [0.25, 0.3) is 5.56 Å². The van der Waals surface area contributed by atoms with Gasteiger partial charge in [-0.05, 0) is 47.6 Å². The zero-order chi connectivity index (χ0) is 12.7. The molecule has 0 bridgehead atoms. The number of rotatable bonds is 3. The van der Waals surface area contributed by atoms with Gasteiger partial charge in [0.05, 0.1) is 5.69 Å². The Hall–Kier alpha value is -1.11. The molecular formula is C13H13IN2O2. The predicted molar refractivity (Wildman–Crippen MR) is 76.6 cm³/mol. The Bertz CT molecular complexity index is 641. The number of nitrogens with zero attached hydrogens (tertiary/aromatic N) is 1. The number of aryl methyl sites for hydroxylation is 1. The van der Waals surface area contributed by atoms with Gasteiger partial charge in [0.1, 0.15) is 9.33 Å². The number of H-pyrrole nitrogens is 1. The highest BCUT2D eigenvalue weighted by Crippen LogP contribution is 2.40. The van der Waals surface area contributed by atoms with Gasteiger partial charge in [-0.2, -0.15) is 0 Å². The second-order valence-electron chi connectivity index (χ2n) is 4.51. The maximum absolute atomic E-state index is 11.9. The van der Waals surface area contributed by atoms with Crippen LogP contribution < -0.4 is 5.56 Å². The molecule has 94 valence electrons. The molecule has 0 amide bonds. The van der Waals surface area contributed by atoms with Crippen molar-refractivity contribution in [1.29, 1.82) is 0 Å². The third kappa shape index (κ3) is 2.11. The Balaban J connectivity index is 2.09. The maximum atomic E-state index is 11.9. The lowest BCUT2D eigenvalue weighted by Crippen LogP contribution is -2.15. The van der Waals surface area contributed by atoms with Gasteiger partial charge in [0.2, 0.25) is 0 Å². The number of hydrogen-bond acceptors (Lipinski definition) is 3. The van der Waals surface area contributed by atoms with Crippen molar-refractivity contribution in [2.45, 2.75) is 32.1 Å². The van der Waals surface area contributed by atoms with E-state index in [1.165, 1.54) is 0 Å². The lowest BCUT2D eigenvalue weighted by atomic mass is 10.2. The molecule has 5 heteroatoms. The Morgan fingerprint density at radius 1 is 1.50 bits per heavy atom. The topological polar surface area (TPSA) is 58.9 Å². The van der Waals surface area contributed by atoms with Gasteiger partial charge in [0, 0.05) is 12.3 Å². The monoisotopic (exact) mass is 356 g/mol. The maximum Gasteiger partial charge on any atom is 0.264 e. The minimum Gasteiger partial charge on any atom is -0.458 e. The van der Waals surface area contributed by atoms with E-state index < -0.39 is 0 Å². The molecule has 1 aliphatic rings. The molecule has 4 nitrogen and oxygen atoms in total. The standard InChI is InChI=1S/C13H13IN2O2/c1-2-8-5-6-9(18-8)12-15-11(7-3-4-7)10(14)13(17)16-12/h5-7H,2-4H2,1H3,(H,15,16,17). The van der Waals surface area contributed by atoms with Crippen LogP contribution in [-0.4, -0.2) is 9.97 Å². The quantitative estimate of drug-likeness (QED) is 0.860. The molecule has 1 fully saturated rings. The van der Waals surface area contributed by atoms with E-state index >= 15 is 0 Å². The van der Waals surface area contributed by atoms with E-state index in [-0.39, 0.29) is 5.56 Å². The third-order valence-corrected chi connectivity index (χ3v) is 4.14. The van der Waals surface area contributed by atoms with Crippen LogP contribution in [0.5, 0.6) is 0 Å². The zero-order valence-electron chi connectivity index (χ0n) is 10.00. The van der Waals surface area contributed by atoms with Crippen LogP contribution in [0.4, 0.5) is 0 Å². The molecule has 0 radical (unpaired) electrons. The summed E-state index contributed by atoms with van der Waals surface area (Å²) < 4.78 is 6.34. The molecule has 18 heavy (non-hydrogen) atoms. The minimum atomic E-state index is -0.0723. The van der Waals surface area contributed by atoms with Crippen LogP contribution in [0.1, 0.15) is 37.1 Å². The second kappa shape index (κ2) is 4.53. The van der Waals surface area contributed by atoms with E-state index in [1.54, 1.807) is 0 Å². The Morgan fingerprint density at radius 3 is 2.89 bits per heavy atom. The lowest BCUT2D eigenvalue weighted by Gasteiger charge is -2.03. The summed E-state index contributed by atoms with van der Waals surface area (Å²) in [6.45, 7) is 2.03. The first-order valence-corrected chi connectivity index (χ1v) is 7.15. The van der Waals surface area contributed by atoms with E-state index in [0.717, 1.165) is 30.7 Å². The summed E-state index contributed by atoms with van der Waals surface area (Å²) in [5, 5.41) is 0. The Kier molecular flexibility index (Phi) is 3.01. The first kappa shape index (κ1) is 12.0. The molecule has 0 unspecified atom stereocenters. The van der Waals surface area contributed by atoms with Gasteiger partial charge in [-0.3, -0.25) is 4.79 Å². The molecule has 3 rings (SSSR count). The average molecular weight is 356 g/mol. The zero-order valence-corrected chi connectivity index (χ0v) is 12.2. The molecule has 2 heterocycles. The van der Waals surface area contributed by atoms with Gasteiger partial charge in [-0.25, -0.2) is 4.98 Å². The SMILES string of the molecule is CCc1ccc(-c2nc(C3CC3)c(I)c(=O)[nH]2)o1. The van der Waals surface area contributed by atoms with Crippen LogP contribution in [0.25, 0.3) is 11.6 Å². The van der Waals surface area contributed by atoms with Crippen LogP contribution in [0.2, 0.25) is 0 Å². The summed E-state index contributed by atoms with van der Waals surface area (Å²) in [5.74, 6) is 2.54. The van der Waals surface area contributed by atoms with Crippen molar-refractivity contribution in [3.8, 4) is 11.6 Å². The summed E-state index contributed by atoms with van der Waals surface area (Å²) in [6, 6.07) is 3.78. The molecule has 0 spiro atoms. The highest BCUT2D eigenvalue weighted by atomic mass is 127. The lowest BCUT2D eigenvalue weighted by molar-refractivity contribution is 0.525. The van der Waals surface area contributed by atoms with Crippen LogP contribution in [0.15, 0.2) is 21.3 Å². The summed E-state index contributed by atoms with van der Waals surface area (Å²) in [5.41, 5.74) is 0.848. The molecule has 1 N–H and O–H groups in total. The summed E-state index contributed by atoms with van der Waals surface area (Å²) in [4.78, 5) is 19.2. The highest BCUT2D eigenvalue weighted by molar-refractivity contribution is 14.1. The van der Waals surface area contributed by atoms with Crippen molar-refractivity contribution in [3.05, 3.63) is 37.5 Å². The number of aromatic nitrogens is 2. The Morgan fingerprint density at radius 2 is 2.28 bits per heavy atom. The number of aromatic amines is 1. The minimum absolute atomic E-state index is 0.0723. The number of nitrogens with one attached hydrogen (secondary N) is 1. The number of furan rings is 1. The van der Waals surface area contributed by atoms with Gasteiger partial charge >= 0.3 is 0 Å². The second-order valence-corrected chi connectivity index (χ2v) is 5.59. The normalized spacial score (nSPS) is 15.0. The van der Waals surface area contributed by atoms with Gasteiger partial charge in [-0.1, -0.05) is 6.92 Å². The molecule has 0 saturated heterocycles. The fraction of sp³-hybridized carbons (Fsp3) is 0.385. The van der Waals surface area contributed by atoms with Gasteiger partial charge < -0.3 is 9.40 Å². The average Bonchev–Trinajstić information content (AvgIpc) is 3.09. The number of hydrogen-bond donors (Lipinski definition) is 1. The van der Waals surface area contributed by atoms with Crippen molar-refractivity contribution >= 4 is 22.6 Å². The van der Waals surface area contributed by atoms with E-state index in [9.17, 15) is 4.79 Å². The fourth-order valence-corrected chi connectivity index (χ4v) is 2.61. The van der Waals surface area contributed by atoms with Gasteiger partial charge in [0.15, 0.2) is 11.6 Å². The van der Waals surface area contributed by atoms with Crippen molar-refractivity contribution in [3.63, 3.8) is 0 Å². The van der Waals surface area contributed by atoms with Crippen LogP contribution >= 0.6 is 22.6 Å². The number of halogens is 1. The van der Waals surface area contributed by atoms with E-state index in [1.807, 2.05) is 19.1 Å². The summed E-state index contributed by atoms with van der Waals surface area (Å²) >= 11 is 2.07. The van der Waals surface area contributed by atoms with Gasteiger partial charge in [-0.15, -0.1) is 0 Å². The first-order chi connectivity index (χ1) is 8.69. The van der Waals surface area contributed by atoms with Crippen molar-refractivity contribution in [2.24, 2.45) is 0 Å². The molecule has 1 saturated carbocycles. The summed E-state index contributed by atoms with van der Waals surface area (Å²) in [6.07, 6.45) is 3.10. The molecular weight excluding hydrogens is 343 g/mol. The highest BCUT2D eigenvalue weighted by Gasteiger charge is 2.29. The Labute approximate surface area is 118 Å². The van der Waals surface area contributed by atoms with Crippen LogP contribution in [0.3, 0.4) is 0 Å². The molecule has 0 atom stereocenters. The van der Waals surface area contributed by atoms with Crippen molar-refractivity contribution in [2.75, 3.05) is 0 Å². The smallest absolute Gasteiger partial charge is 0.264 e. The third-order valence-electron chi connectivity index (χ3n) is 3.10. The first-order valence-electron chi connectivity index (χ1n) is 6.08. The van der Waals surface area contributed by atoms with Crippen LogP contribution in [0, 0.1) is 3.57 Å². The van der Waals surface area contributed by atoms with Crippen LogP contribution in [-0.2, 0) is 6.42 Å². The molecule has 2 aromatic heterocycles.